The average molecular weight is 270 g/mol. The second-order valence-electron chi connectivity index (χ2n) is 5.26. The van der Waals surface area contributed by atoms with Gasteiger partial charge >= 0.3 is 0 Å². The molecule has 1 aliphatic rings. The summed E-state index contributed by atoms with van der Waals surface area (Å²) in [4.78, 5) is 4.53. The van der Waals surface area contributed by atoms with E-state index in [0.29, 0.717) is 0 Å². The Morgan fingerprint density at radius 3 is 3.10 bits per heavy atom. The highest BCUT2D eigenvalue weighted by Crippen LogP contribution is 2.38. The number of nitrogens with zero attached hydrogens (tertiary/aromatic N) is 1. The maximum atomic E-state index is 13.7. The van der Waals surface area contributed by atoms with Crippen molar-refractivity contribution in [3.05, 3.63) is 64.7 Å². The lowest BCUT2D eigenvalue weighted by atomic mass is 9.91. The molecule has 0 amide bonds. The van der Waals surface area contributed by atoms with Crippen LogP contribution in [0.3, 0.4) is 0 Å². The number of aryl methyl sites for hydroxylation is 1. The Labute approximate surface area is 119 Å². The fourth-order valence-electron chi connectivity index (χ4n) is 3.03. The van der Waals surface area contributed by atoms with Gasteiger partial charge in [0.15, 0.2) is 0 Å². The average Bonchev–Trinajstić information content (AvgIpc) is 2.90. The zero-order valence-corrected chi connectivity index (χ0v) is 11.7. The van der Waals surface area contributed by atoms with E-state index in [9.17, 15) is 4.39 Å². The van der Waals surface area contributed by atoms with E-state index in [-0.39, 0.29) is 11.7 Å². The lowest BCUT2D eigenvalue weighted by Gasteiger charge is -2.16. The third kappa shape index (κ3) is 2.46. The molecule has 0 bridgehead atoms. The molecule has 0 radical (unpaired) electrons. The smallest absolute Gasteiger partial charge is 0.123 e. The van der Waals surface area contributed by atoms with Gasteiger partial charge in [-0.15, -0.1) is 0 Å². The van der Waals surface area contributed by atoms with Gasteiger partial charge in [0.1, 0.15) is 5.82 Å². The molecule has 0 fully saturated rings. The molecule has 0 saturated heterocycles. The van der Waals surface area contributed by atoms with Gasteiger partial charge in [-0.2, -0.15) is 0 Å². The van der Waals surface area contributed by atoms with Crippen molar-refractivity contribution in [3.8, 4) is 0 Å². The number of aromatic nitrogens is 1. The SMILES string of the molecule is CCNCc1ccc(F)cc1C1CCc2cccnc21. The molecule has 1 atom stereocenters. The first-order valence-electron chi connectivity index (χ1n) is 7.22. The van der Waals surface area contributed by atoms with Crippen molar-refractivity contribution in [2.24, 2.45) is 0 Å². The number of hydrogen-bond donors (Lipinski definition) is 1. The number of halogens is 1. The van der Waals surface area contributed by atoms with Gasteiger partial charge in [0.2, 0.25) is 0 Å². The molecule has 0 spiro atoms. The minimum absolute atomic E-state index is 0.162. The van der Waals surface area contributed by atoms with Crippen LogP contribution in [0.1, 0.15) is 41.6 Å². The second kappa shape index (κ2) is 5.71. The van der Waals surface area contributed by atoms with Gasteiger partial charge in [0, 0.05) is 18.7 Å². The summed E-state index contributed by atoms with van der Waals surface area (Å²) in [6, 6.07) is 9.23. The number of nitrogens with one attached hydrogen (secondary N) is 1. The Kier molecular flexibility index (Phi) is 3.79. The monoisotopic (exact) mass is 270 g/mol. The van der Waals surface area contributed by atoms with E-state index in [0.717, 1.165) is 37.2 Å². The van der Waals surface area contributed by atoms with Crippen LogP contribution in [0.15, 0.2) is 36.5 Å². The van der Waals surface area contributed by atoms with E-state index in [1.807, 2.05) is 18.3 Å². The Hall–Kier alpha value is -1.74. The first kappa shape index (κ1) is 13.3. The van der Waals surface area contributed by atoms with Crippen molar-refractivity contribution >= 4 is 0 Å². The number of pyridine rings is 1. The molecule has 0 aliphatic heterocycles. The molecule has 1 aromatic carbocycles. The predicted octanol–water partition coefficient (Wildman–Crippen LogP) is 3.41. The molecule has 3 rings (SSSR count). The largest absolute Gasteiger partial charge is 0.313 e. The molecule has 104 valence electrons. The summed E-state index contributed by atoms with van der Waals surface area (Å²) < 4.78 is 13.7. The summed E-state index contributed by atoms with van der Waals surface area (Å²) in [5, 5.41) is 3.33. The molecule has 1 aromatic heterocycles. The second-order valence-corrected chi connectivity index (χ2v) is 5.26. The molecule has 1 aliphatic carbocycles. The van der Waals surface area contributed by atoms with Crippen LogP contribution < -0.4 is 5.32 Å². The Balaban J connectivity index is 1.99. The van der Waals surface area contributed by atoms with Crippen LogP contribution >= 0.6 is 0 Å². The molecule has 2 aromatic rings. The highest BCUT2D eigenvalue weighted by Gasteiger charge is 2.27. The van der Waals surface area contributed by atoms with Crippen LogP contribution in [-0.2, 0) is 13.0 Å². The fraction of sp³-hybridized carbons (Fsp3) is 0.353. The summed E-state index contributed by atoms with van der Waals surface area (Å²) in [6.07, 6.45) is 3.89. The number of hydrogen-bond acceptors (Lipinski definition) is 2. The van der Waals surface area contributed by atoms with Crippen molar-refractivity contribution in [3.63, 3.8) is 0 Å². The third-order valence-electron chi connectivity index (χ3n) is 4.01. The predicted molar refractivity (Wildman–Crippen MR) is 78.2 cm³/mol. The Bertz CT molecular complexity index is 610. The summed E-state index contributed by atoms with van der Waals surface area (Å²) in [5.41, 5.74) is 4.69. The molecular formula is C17H19FN2. The van der Waals surface area contributed by atoms with Crippen molar-refractivity contribution in [2.45, 2.75) is 32.2 Å². The summed E-state index contributed by atoms with van der Waals surface area (Å²) in [6.45, 7) is 3.77. The fourth-order valence-corrected chi connectivity index (χ4v) is 3.03. The summed E-state index contributed by atoms with van der Waals surface area (Å²) in [5.74, 6) is 0.0696. The zero-order valence-electron chi connectivity index (χ0n) is 11.7. The standard InChI is InChI=1S/C17H19FN2/c1-2-19-11-13-5-7-14(18)10-16(13)15-8-6-12-4-3-9-20-17(12)15/h3-5,7,9-10,15,19H,2,6,8,11H2,1H3. The molecule has 1 N–H and O–H groups in total. The third-order valence-corrected chi connectivity index (χ3v) is 4.01. The van der Waals surface area contributed by atoms with E-state index >= 15 is 0 Å². The van der Waals surface area contributed by atoms with E-state index in [1.54, 1.807) is 12.1 Å². The molecule has 20 heavy (non-hydrogen) atoms. The summed E-state index contributed by atoms with van der Waals surface area (Å²) in [7, 11) is 0. The van der Waals surface area contributed by atoms with Crippen LogP contribution in [0.5, 0.6) is 0 Å². The topological polar surface area (TPSA) is 24.9 Å². The van der Waals surface area contributed by atoms with Crippen LogP contribution in [0.2, 0.25) is 0 Å². The minimum Gasteiger partial charge on any atom is -0.313 e. The van der Waals surface area contributed by atoms with Gasteiger partial charge in [-0.3, -0.25) is 4.98 Å². The normalized spacial score (nSPS) is 17.2. The van der Waals surface area contributed by atoms with E-state index in [4.69, 9.17) is 0 Å². The lowest BCUT2D eigenvalue weighted by Crippen LogP contribution is -2.15. The Morgan fingerprint density at radius 2 is 2.25 bits per heavy atom. The number of fused-ring (bicyclic) bond motifs is 1. The van der Waals surface area contributed by atoms with Gasteiger partial charge in [0.05, 0.1) is 5.69 Å². The first-order chi connectivity index (χ1) is 9.79. The maximum absolute atomic E-state index is 13.7. The van der Waals surface area contributed by atoms with Crippen LogP contribution in [0.4, 0.5) is 4.39 Å². The molecular weight excluding hydrogens is 251 g/mol. The highest BCUT2D eigenvalue weighted by atomic mass is 19.1. The molecule has 2 nitrogen and oxygen atoms in total. The molecule has 0 saturated carbocycles. The highest BCUT2D eigenvalue weighted by molar-refractivity contribution is 5.41. The zero-order chi connectivity index (χ0) is 13.9. The van der Waals surface area contributed by atoms with Crippen molar-refractivity contribution in [2.75, 3.05) is 6.54 Å². The van der Waals surface area contributed by atoms with Crippen molar-refractivity contribution in [1.29, 1.82) is 0 Å². The molecule has 1 unspecified atom stereocenters. The quantitative estimate of drug-likeness (QED) is 0.921. The number of rotatable bonds is 4. The van der Waals surface area contributed by atoms with E-state index in [1.165, 1.54) is 11.1 Å². The van der Waals surface area contributed by atoms with Gasteiger partial charge < -0.3 is 5.32 Å². The minimum atomic E-state index is -0.162. The van der Waals surface area contributed by atoms with Crippen LogP contribution in [0, 0.1) is 5.82 Å². The lowest BCUT2D eigenvalue weighted by molar-refractivity contribution is 0.617. The molecule has 1 heterocycles. The number of benzene rings is 1. The maximum Gasteiger partial charge on any atom is 0.123 e. The Morgan fingerprint density at radius 1 is 1.35 bits per heavy atom. The van der Waals surface area contributed by atoms with E-state index in [2.05, 4.69) is 23.3 Å². The van der Waals surface area contributed by atoms with Gasteiger partial charge in [0.25, 0.3) is 0 Å². The molecule has 3 heteroatoms. The van der Waals surface area contributed by atoms with Gasteiger partial charge in [-0.1, -0.05) is 19.1 Å². The van der Waals surface area contributed by atoms with Gasteiger partial charge in [-0.25, -0.2) is 4.39 Å². The van der Waals surface area contributed by atoms with E-state index < -0.39 is 0 Å². The first-order valence-corrected chi connectivity index (χ1v) is 7.22. The van der Waals surface area contributed by atoms with Crippen molar-refractivity contribution < 1.29 is 4.39 Å². The van der Waals surface area contributed by atoms with Gasteiger partial charge in [-0.05, 0) is 54.3 Å². The van der Waals surface area contributed by atoms with Crippen LogP contribution in [0.25, 0.3) is 0 Å². The van der Waals surface area contributed by atoms with Crippen molar-refractivity contribution in [1.82, 2.24) is 10.3 Å². The van der Waals surface area contributed by atoms with Crippen LogP contribution in [-0.4, -0.2) is 11.5 Å². The summed E-state index contributed by atoms with van der Waals surface area (Å²) >= 11 is 0.